The van der Waals surface area contributed by atoms with Gasteiger partial charge in [-0.05, 0) is 87.1 Å². The lowest BCUT2D eigenvalue weighted by Crippen LogP contribution is -2.16. The minimum absolute atomic E-state index is 0.611. The zero-order valence-electron chi connectivity index (χ0n) is 22.7. The maximum atomic E-state index is 6.47. The van der Waals surface area contributed by atoms with Gasteiger partial charge in [0.15, 0.2) is 0 Å². The quantitative estimate of drug-likeness (QED) is 0.212. The summed E-state index contributed by atoms with van der Waals surface area (Å²) in [5, 5.41) is 6.06. The fraction of sp³-hybridized carbons (Fsp3) is 0.0556. The molecule has 0 N–H and O–H groups in total. The summed E-state index contributed by atoms with van der Waals surface area (Å²) in [7, 11) is 3.31. The molecule has 0 radical (unpaired) electrons. The maximum Gasteiger partial charge on any atom is 0.212 e. The predicted octanol–water partition coefficient (Wildman–Crippen LogP) is 8.89. The van der Waals surface area contributed by atoms with E-state index >= 15 is 0 Å². The van der Waals surface area contributed by atoms with Crippen LogP contribution in [0, 0.1) is 0 Å². The van der Waals surface area contributed by atoms with E-state index in [0.29, 0.717) is 11.5 Å². The third-order valence-corrected chi connectivity index (χ3v) is 7.44. The average molecular weight is 538 g/mol. The minimum atomic E-state index is 0.611. The SMILES string of the molecule is COc1ccc(C2=C(c3ccc(OC)cc3)ON(c3ccc(-c4cccc5ccccc45)c4ccccc34)O2)cc1. The van der Waals surface area contributed by atoms with Crippen molar-refractivity contribution in [3.8, 4) is 22.6 Å². The molecule has 6 aromatic rings. The third kappa shape index (κ3) is 4.38. The number of rotatable bonds is 6. The lowest BCUT2D eigenvalue weighted by Gasteiger charge is -2.20. The van der Waals surface area contributed by atoms with Crippen molar-refractivity contribution in [2.45, 2.75) is 0 Å². The Kier molecular flexibility index (Phi) is 6.17. The van der Waals surface area contributed by atoms with Gasteiger partial charge in [0.1, 0.15) is 17.2 Å². The Morgan fingerprint density at radius 2 is 0.976 bits per heavy atom. The van der Waals surface area contributed by atoms with Crippen molar-refractivity contribution < 1.29 is 19.1 Å². The van der Waals surface area contributed by atoms with Crippen molar-refractivity contribution in [3.63, 3.8) is 0 Å². The van der Waals surface area contributed by atoms with Crippen LogP contribution in [-0.4, -0.2) is 14.2 Å². The van der Waals surface area contributed by atoms with E-state index in [2.05, 4.69) is 72.8 Å². The highest BCUT2D eigenvalue weighted by Gasteiger charge is 2.31. The number of hydrogen-bond acceptors (Lipinski definition) is 5. The second-order valence-electron chi connectivity index (χ2n) is 9.76. The summed E-state index contributed by atoms with van der Waals surface area (Å²) in [4.78, 5) is 12.9. The summed E-state index contributed by atoms with van der Waals surface area (Å²) in [6.45, 7) is 0. The van der Waals surface area contributed by atoms with Crippen LogP contribution >= 0.6 is 0 Å². The van der Waals surface area contributed by atoms with Gasteiger partial charge < -0.3 is 19.1 Å². The van der Waals surface area contributed by atoms with E-state index in [1.54, 1.807) is 14.2 Å². The Bertz CT molecular complexity index is 1840. The van der Waals surface area contributed by atoms with Crippen LogP contribution in [0.15, 0.2) is 127 Å². The largest absolute Gasteiger partial charge is 0.497 e. The van der Waals surface area contributed by atoms with Gasteiger partial charge in [-0.25, -0.2) is 0 Å². The van der Waals surface area contributed by atoms with Crippen LogP contribution in [0.25, 0.3) is 44.2 Å². The molecule has 6 aromatic carbocycles. The van der Waals surface area contributed by atoms with Gasteiger partial charge in [0.25, 0.3) is 0 Å². The van der Waals surface area contributed by atoms with Gasteiger partial charge >= 0.3 is 0 Å². The van der Waals surface area contributed by atoms with Gasteiger partial charge in [-0.1, -0.05) is 72.8 Å². The van der Waals surface area contributed by atoms with Crippen molar-refractivity contribution in [1.29, 1.82) is 0 Å². The molecule has 5 heteroatoms. The lowest BCUT2D eigenvalue weighted by atomic mass is 9.93. The van der Waals surface area contributed by atoms with E-state index in [4.69, 9.17) is 19.1 Å². The minimum Gasteiger partial charge on any atom is -0.497 e. The molecule has 41 heavy (non-hydrogen) atoms. The fourth-order valence-electron chi connectivity index (χ4n) is 5.36. The average Bonchev–Trinajstić information content (AvgIpc) is 3.49. The Morgan fingerprint density at radius 3 is 1.59 bits per heavy atom. The van der Waals surface area contributed by atoms with Crippen molar-refractivity contribution in [2.75, 3.05) is 19.4 Å². The molecule has 0 aromatic heterocycles. The number of anilines is 1. The predicted molar refractivity (Wildman–Crippen MR) is 164 cm³/mol. The van der Waals surface area contributed by atoms with Crippen molar-refractivity contribution in [2.24, 2.45) is 0 Å². The van der Waals surface area contributed by atoms with E-state index < -0.39 is 0 Å². The number of fused-ring (bicyclic) bond motifs is 2. The lowest BCUT2D eigenvalue weighted by molar-refractivity contribution is 0.0630. The Balaban J connectivity index is 1.33. The normalized spacial score (nSPS) is 12.9. The summed E-state index contributed by atoms with van der Waals surface area (Å²) < 4.78 is 10.7. The molecule has 0 bridgehead atoms. The molecule has 0 fully saturated rings. The second-order valence-corrected chi connectivity index (χ2v) is 9.76. The van der Waals surface area contributed by atoms with Gasteiger partial charge in [-0.3, -0.25) is 0 Å². The van der Waals surface area contributed by atoms with E-state index in [1.165, 1.54) is 21.6 Å². The molecule has 1 aliphatic heterocycles. The van der Waals surface area contributed by atoms with Gasteiger partial charge in [-0.2, -0.15) is 0 Å². The first kappa shape index (κ1) is 24.6. The first-order chi connectivity index (χ1) is 20.2. The van der Waals surface area contributed by atoms with Crippen LogP contribution in [0.5, 0.6) is 11.5 Å². The number of ether oxygens (including phenoxy) is 2. The Labute approximate surface area is 238 Å². The highest BCUT2D eigenvalue weighted by molar-refractivity contribution is 6.09. The summed E-state index contributed by atoms with van der Waals surface area (Å²) in [6, 6.07) is 43.0. The summed E-state index contributed by atoms with van der Waals surface area (Å²) in [5.74, 6) is 2.76. The molecule has 1 heterocycles. The fourth-order valence-corrected chi connectivity index (χ4v) is 5.36. The molecule has 0 saturated carbocycles. The van der Waals surface area contributed by atoms with Crippen LogP contribution in [-0.2, 0) is 9.68 Å². The smallest absolute Gasteiger partial charge is 0.212 e. The molecule has 200 valence electrons. The summed E-state index contributed by atoms with van der Waals surface area (Å²) in [5.41, 5.74) is 4.88. The van der Waals surface area contributed by atoms with Gasteiger partial charge in [0, 0.05) is 16.5 Å². The number of methoxy groups -OCH3 is 2. The Hall–Kier alpha value is -5.42. The van der Waals surface area contributed by atoms with Gasteiger partial charge in [-0.15, -0.1) is 0 Å². The van der Waals surface area contributed by atoms with Gasteiger partial charge in [0.2, 0.25) is 11.5 Å². The summed E-state index contributed by atoms with van der Waals surface area (Å²) >= 11 is 0. The van der Waals surface area contributed by atoms with Crippen LogP contribution in [0.3, 0.4) is 0 Å². The molecule has 0 amide bonds. The maximum absolute atomic E-state index is 6.47. The highest BCUT2D eigenvalue weighted by atomic mass is 17.0. The number of hydrogen-bond donors (Lipinski definition) is 0. The molecule has 0 spiro atoms. The topological polar surface area (TPSA) is 40.2 Å². The molecular formula is C36H27NO4. The summed E-state index contributed by atoms with van der Waals surface area (Å²) in [6.07, 6.45) is 0. The molecule has 0 unspecified atom stereocenters. The van der Waals surface area contributed by atoms with Gasteiger partial charge in [0.05, 0.1) is 14.2 Å². The van der Waals surface area contributed by atoms with E-state index in [9.17, 15) is 0 Å². The molecule has 1 aliphatic rings. The molecule has 5 nitrogen and oxygen atoms in total. The number of nitrogens with zero attached hydrogens (tertiary/aromatic N) is 1. The third-order valence-electron chi connectivity index (χ3n) is 7.44. The molecule has 0 saturated heterocycles. The number of benzene rings is 6. The van der Waals surface area contributed by atoms with Crippen LogP contribution < -0.4 is 14.7 Å². The Morgan fingerprint density at radius 1 is 0.463 bits per heavy atom. The standard InChI is InChI=1S/C36H27NO4/c1-38-27-18-14-25(15-19-27)35-36(26-16-20-28(39-2)21-17-26)41-37(40-35)34-23-22-32(31-11-5-6-12-33(31)34)30-13-7-9-24-8-3-4-10-29(24)30/h3-23H,1-2H3. The van der Waals surface area contributed by atoms with Crippen molar-refractivity contribution in [3.05, 3.63) is 139 Å². The molecule has 0 aliphatic carbocycles. The van der Waals surface area contributed by atoms with E-state index in [-0.39, 0.29) is 0 Å². The van der Waals surface area contributed by atoms with Crippen LogP contribution in [0.1, 0.15) is 11.1 Å². The second kappa shape index (κ2) is 10.3. The van der Waals surface area contributed by atoms with Crippen LogP contribution in [0.4, 0.5) is 5.69 Å². The zero-order chi connectivity index (χ0) is 27.8. The van der Waals surface area contributed by atoms with E-state index in [0.717, 1.165) is 44.6 Å². The van der Waals surface area contributed by atoms with Crippen LogP contribution in [0.2, 0.25) is 0 Å². The highest BCUT2D eigenvalue weighted by Crippen LogP contribution is 2.43. The van der Waals surface area contributed by atoms with E-state index in [1.807, 2.05) is 54.6 Å². The first-order valence-electron chi connectivity index (χ1n) is 13.4. The molecular weight excluding hydrogens is 510 g/mol. The van der Waals surface area contributed by atoms with Crippen molar-refractivity contribution in [1.82, 2.24) is 0 Å². The molecule has 7 rings (SSSR count). The monoisotopic (exact) mass is 537 g/mol. The zero-order valence-corrected chi connectivity index (χ0v) is 22.7. The molecule has 0 atom stereocenters. The van der Waals surface area contributed by atoms with Crippen molar-refractivity contribution >= 4 is 38.8 Å². The first-order valence-corrected chi connectivity index (χ1v) is 13.4.